The third-order valence-corrected chi connectivity index (χ3v) is 25.4. The molecule has 1 atom stereocenters. The van der Waals surface area contributed by atoms with Crippen LogP contribution in [0.4, 0.5) is 13.2 Å². The van der Waals surface area contributed by atoms with Crippen molar-refractivity contribution in [1.82, 2.24) is 72.9 Å². The predicted molar refractivity (Wildman–Crippen MR) is 488 cm³/mol. The Balaban J connectivity index is 0.000000140. The van der Waals surface area contributed by atoms with E-state index >= 15 is 0 Å². The van der Waals surface area contributed by atoms with E-state index in [1.165, 1.54) is 16.7 Å². The number of carboxylic acids is 1. The number of aryl methyl sites for hydroxylation is 1. The maximum absolute atomic E-state index is 14.1. The minimum Gasteiger partial charge on any atom is -0.480 e. The number of halogens is 3. The third kappa shape index (κ3) is 20.9. The van der Waals surface area contributed by atoms with Gasteiger partial charge in [0.1, 0.15) is 51.2 Å². The van der Waals surface area contributed by atoms with Gasteiger partial charge in [-0.15, -0.1) is 0 Å². The van der Waals surface area contributed by atoms with Crippen LogP contribution in [-0.2, 0) is 9.59 Å². The van der Waals surface area contributed by atoms with Crippen LogP contribution in [-0.4, -0.2) is 250 Å². The first-order chi connectivity index (χ1) is 61.3. The lowest BCUT2D eigenvalue weighted by Gasteiger charge is -2.34. The summed E-state index contributed by atoms with van der Waals surface area (Å²) in [5.74, 6) is -2.05. The molecule has 6 fully saturated rings. The minimum atomic E-state index is -1.22. The van der Waals surface area contributed by atoms with E-state index in [4.69, 9.17) is 15.9 Å². The van der Waals surface area contributed by atoms with E-state index < -0.39 is 46.4 Å². The van der Waals surface area contributed by atoms with Crippen molar-refractivity contribution in [3.63, 3.8) is 0 Å². The molecule has 6 N–H and O–H groups in total. The monoisotopic (exact) mass is 1780 g/mol. The van der Waals surface area contributed by atoms with Gasteiger partial charge in [0.15, 0.2) is 0 Å². The number of nitrogens with two attached hydrogens (primary N) is 1. The number of pyridine rings is 4. The van der Waals surface area contributed by atoms with Gasteiger partial charge in [0.25, 0.3) is 41.4 Å². The van der Waals surface area contributed by atoms with Gasteiger partial charge in [0.2, 0.25) is 5.91 Å². The molecule has 8 aromatic heterocycles. The number of aliphatic hydroxyl groups is 2. The van der Waals surface area contributed by atoms with Crippen molar-refractivity contribution < 1.29 is 71.6 Å². The summed E-state index contributed by atoms with van der Waals surface area (Å²) < 4.78 is 49.9. The number of alkyl halides is 3. The number of carbonyl (C=O) groups is 9. The fraction of sp³-hybridized carbons (Fsp3) is 0.371. The van der Waals surface area contributed by atoms with Crippen molar-refractivity contribution in [3.8, 4) is 22.7 Å². The molecule has 0 bridgehead atoms. The topological polar surface area (TPSA) is 343 Å². The fourth-order valence-corrected chi connectivity index (χ4v) is 16.9. The molecule has 674 valence electrons. The largest absolute Gasteiger partial charge is 0.480 e. The summed E-state index contributed by atoms with van der Waals surface area (Å²) in [6, 6.07) is 43.7. The predicted octanol–water partition coefficient (Wildman–Crippen LogP) is 13.2. The summed E-state index contributed by atoms with van der Waals surface area (Å²) in [7, 11) is 0. The Morgan fingerprint density at radius 2 is 0.822 bits per heavy atom. The van der Waals surface area contributed by atoms with Crippen molar-refractivity contribution in [3.05, 3.63) is 240 Å². The first-order valence-electron chi connectivity index (χ1n) is 43.5. The van der Waals surface area contributed by atoms with Crippen molar-refractivity contribution in [1.29, 1.82) is 0 Å². The average Bonchev–Trinajstić information content (AvgIpc) is 1.52. The number of carbonyl (C=O) groups excluding carboxylic acids is 8. The van der Waals surface area contributed by atoms with Crippen LogP contribution in [0, 0.1) is 12.8 Å². The smallest absolute Gasteiger partial charge is 0.329 e. The number of aromatic nitrogens is 8. The second-order valence-corrected chi connectivity index (χ2v) is 35.0. The van der Waals surface area contributed by atoms with Crippen molar-refractivity contribution in [2.24, 2.45) is 11.7 Å². The maximum Gasteiger partial charge on any atom is 0.329 e. The Hall–Kier alpha value is -13.1. The number of aliphatic hydroxyl groups excluding tert-OH is 2. The SMILES string of the molecule is CC1(F)CCN(C(=O)c2cnc3c(ccn3-c3ccc(C(=O)N(CCO)CCO)cc3)c2)CC1.CC1(F)CCN(C(=O)c2cnc3c(ccn3-c3ccc(C(=O)N4CCC[C@H]4C(N)=O)cc3)c2)CC1.CC1(F)CCN(C(=O)c2cnc3c(ccn3-c3ccc(C(=O)NC4(C(=O)O)CC4)cc3)c2)CC1.Cc1ccc(-n2ccc3cc(C(=O)N4CCC(C)CC4)ncc32)cc1.S. The van der Waals surface area contributed by atoms with Crippen molar-refractivity contribution >= 4 is 111 Å². The fourth-order valence-electron chi connectivity index (χ4n) is 16.9. The molecule has 0 spiro atoms. The van der Waals surface area contributed by atoms with Crippen molar-refractivity contribution in [2.75, 3.05) is 85.2 Å². The number of nitrogens with one attached hydrogen (secondary N) is 1. The van der Waals surface area contributed by atoms with E-state index in [0.29, 0.717) is 166 Å². The van der Waals surface area contributed by atoms with E-state index in [1.807, 2.05) is 92.0 Å². The highest BCUT2D eigenvalue weighted by atomic mass is 32.1. The van der Waals surface area contributed by atoms with Gasteiger partial charge in [-0.1, -0.05) is 24.6 Å². The summed E-state index contributed by atoms with van der Waals surface area (Å²) in [6.45, 7) is 13.6. The van der Waals surface area contributed by atoms with Crippen LogP contribution in [0.15, 0.2) is 195 Å². The number of fused-ring (bicyclic) bond motifs is 4. The zero-order valence-corrected chi connectivity index (χ0v) is 73.8. The molecule has 5 aliphatic heterocycles. The van der Waals surface area contributed by atoms with Crippen LogP contribution >= 0.6 is 13.5 Å². The molecular weight excluding hydrogens is 1670 g/mol. The Morgan fingerprint density at radius 3 is 1.22 bits per heavy atom. The second kappa shape index (κ2) is 38.9. The molecule has 13 heterocycles. The van der Waals surface area contributed by atoms with Crippen LogP contribution in [0.3, 0.4) is 0 Å². The van der Waals surface area contributed by atoms with Crippen LogP contribution in [0.5, 0.6) is 0 Å². The summed E-state index contributed by atoms with van der Waals surface area (Å²) in [6.07, 6.45) is 20.4. The molecule has 0 radical (unpaired) electrons. The molecule has 18 rings (SSSR count). The van der Waals surface area contributed by atoms with Gasteiger partial charge in [-0.3, -0.25) is 38.4 Å². The number of likely N-dealkylation sites (tertiary alicyclic amines) is 5. The summed E-state index contributed by atoms with van der Waals surface area (Å²) in [5, 5.41) is 33.6. The molecule has 12 aromatic rings. The Labute approximate surface area is 750 Å². The first-order valence-corrected chi connectivity index (χ1v) is 43.5. The average molecular weight is 1780 g/mol. The van der Waals surface area contributed by atoms with Crippen LogP contribution in [0.1, 0.15) is 183 Å². The van der Waals surface area contributed by atoms with Gasteiger partial charge in [0.05, 0.1) is 41.6 Å². The van der Waals surface area contributed by atoms with Gasteiger partial charge in [-0.2, -0.15) is 13.5 Å². The van der Waals surface area contributed by atoms with Crippen LogP contribution in [0.25, 0.3) is 66.8 Å². The number of aliphatic carboxylic acids is 1. The number of benzene rings is 4. The van der Waals surface area contributed by atoms with Crippen LogP contribution < -0.4 is 11.1 Å². The Morgan fingerprint density at radius 1 is 0.442 bits per heavy atom. The molecule has 6 aliphatic rings. The molecule has 5 saturated heterocycles. The molecule has 4 aromatic carbocycles. The number of hydrogen-bond acceptors (Lipinski definition) is 15. The van der Waals surface area contributed by atoms with Crippen LogP contribution in [0.2, 0.25) is 0 Å². The molecule has 28 nitrogen and oxygen atoms in total. The molecule has 0 unspecified atom stereocenters. The number of carboxylic acid groups (broad SMARTS) is 1. The molecule has 32 heteroatoms. The van der Waals surface area contributed by atoms with E-state index in [9.17, 15) is 61.4 Å². The first kappa shape index (κ1) is 92.1. The van der Waals surface area contributed by atoms with Gasteiger partial charge < -0.3 is 74.0 Å². The Bertz CT molecular complexity index is 6120. The number of piperidine rings is 4. The summed E-state index contributed by atoms with van der Waals surface area (Å²) >= 11 is 0. The number of nitrogens with zero attached hydrogens (tertiary/aromatic N) is 14. The number of amides is 8. The number of rotatable bonds is 18. The van der Waals surface area contributed by atoms with Gasteiger partial charge >= 0.3 is 5.97 Å². The van der Waals surface area contributed by atoms with Gasteiger partial charge in [0, 0.05) is 176 Å². The van der Waals surface area contributed by atoms with E-state index in [0.717, 1.165) is 82.2 Å². The highest BCUT2D eigenvalue weighted by Crippen LogP contribution is 2.37. The lowest BCUT2D eigenvalue weighted by Crippen LogP contribution is -2.43. The number of primary amides is 1. The lowest BCUT2D eigenvalue weighted by atomic mass is 9.95. The van der Waals surface area contributed by atoms with E-state index in [1.54, 1.807) is 132 Å². The van der Waals surface area contributed by atoms with E-state index in [2.05, 4.69) is 67.9 Å². The summed E-state index contributed by atoms with van der Waals surface area (Å²) in [4.78, 5) is 140. The highest BCUT2D eigenvalue weighted by molar-refractivity contribution is 7.59. The summed E-state index contributed by atoms with van der Waals surface area (Å²) in [5.41, 5.74) is 11.7. The molecule has 1 aliphatic carbocycles. The normalized spacial score (nSPS) is 17.3. The quantitative estimate of drug-likeness (QED) is 0.0533. The van der Waals surface area contributed by atoms with E-state index in [-0.39, 0.29) is 75.2 Å². The number of hydrogen-bond donors (Lipinski definition) is 5. The molecule has 1 saturated carbocycles. The lowest BCUT2D eigenvalue weighted by molar-refractivity contribution is -0.140. The van der Waals surface area contributed by atoms with Gasteiger partial charge in [-0.05, 0) is 244 Å². The van der Waals surface area contributed by atoms with Crippen molar-refractivity contribution in [2.45, 2.75) is 140 Å². The molecule has 8 amide bonds. The third-order valence-electron chi connectivity index (χ3n) is 25.4. The molecule has 129 heavy (non-hydrogen) atoms. The minimum absolute atomic E-state index is 0. The highest BCUT2D eigenvalue weighted by Gasteiger charge is 2.52. The Kier molecular flexibility index (Phi) is 27.8. The van der Waals surface area contributed by atoms with Gasteiger partial charge in [-0.25, -0.2) is 37.9 Å². The second-order valence-electron chi connectivity index (χ2n) is 35.0. The maximum atomic E-state index is 14.1. The standard InChI is InChI=1S/C26H28FN5O3.C25H25FN4O4.C25H29FN4O4.C21H23N3O.H2S/c1-26(27)9-13-30(14-10-26)24(34)19-15-18-8-12-31(23(18)29-16-19)20-6-4-17(5-7-20)25(35)32-11-2-3-21(32)22(28)33;1-24(26)9-12-29(13-10-24)22(32)18-14-17-6-11-30(20(17)27-15-18)19-4-2-16(3-5-19)21(31)28-25(7-8-25)23(33)34;1-25(26)7-10-28(11-8-25)24(34)20-16-19-6-9-30(22(19)27-17-20)21-4-2-18(3-5-21)23(33)29(12-14-31)13-15-32;1-15-3-5-18(6-4-15)24-12-9-17-13-19(22-14-20(17)24)21(25)23-10-7-16(2)8-11-23;/h4-8,12,15-16,21H,2-3,9-11,13-14H2,1H3,(H2,28,33);2-6,11,14-15H,7-10,12-13H2,1H3,(H,28,31)(H,33,34);2-6,9,16-17,31-32H,7-8,10-15H2,1H3;3-6,9,12-14,16H,7-8,10-11H2,1-2H3;1H2/t21-;;;;/m0..../s1. The molecular formula is C97H107F3N16O12S. The zero-order chi connectivity index (χ0) is 90.5. The zero-order valence-electron chi connectivity index (χ0n) is 72.8.